The monoisotopic (exact) mass is 312 g/mol. The fourth-order valence-electron chi connectivity index (χ4n) is 2.18. The highest BCUT2D eigenvalue weighted by molar-refractivity contribution is 5.69. The van der Waals surface area contributed by atoms with Gasteiger partial charge in [-0.1, -0.05) is 77.7 Å². The lowest BCUT2D eigenvalue weighted by atomic mass is 10.1. The Bertz CT molecular complexity index is 224. The van der Waals surface area contributed by atoms with Crippen LogP contribution in [0.3, 0.4) is 0 Å². The Morgan fingerprint density at radius 3 is 1.82 bits per heavy atom. The van der Waals surface area contributed by atoms with Crippen LogP contribution >= 0.6 is 0 Å². The first-order valence-electron chi connectivity index (χ1n) is 9.49. The molecule has 0 fully saturated rings. The van der Waals surface area contributed by atoms with Crippen molar-refractivity contribution in [2.24, 2.45) is 0 Å². The maximum absolute atomic E-state index is 10.9. The van der Waals surface area contributed by atoms with E-state index < -0.39 is 0 Å². The minimum Gasteiger partial charge on any atom is -0.466 e. The molecule has 0 N–H and O–H groups in total. The van der Waals surface area contributed by atoms with Crippen molar-refractivity contribution in [3.63, 3.8) is 0 Å². The number of esters is 1. The Morgan fingerprint density at radius 1 is 0.818 bits per heavy atom. The Hall–Kier alpha value is -0.790. The van der Waals surface area contributed by atoms with Crippen molar-refractivity contribution >= 4 is 5.97 Å². The normalized spacial score (nSPS) is 9.77. The molecule has 2 nitrogen and oxygen atoms in total. The predicted molar refractivity (Wildman–Crippen MR) is 98.2 cm³/mol. The van der Waals surface area contributed by atoms with Gasteiger partial charge in [0.15, 0.2) is 0 Å². The molecule has 0 radical (unpaired) electrons. The molecule has 0 rings (SSSR count). The van der Waals surface area contributed by atoms with Crippen molar-refractivity contribution in [1.29, 1.82) is 0 Å². The highest BCUT2D eigenvalue weighted by atomic mass is 16.5. The Kier molecular flexibility index (Phi) is 24.0. The van der Waals surface area contributed by atoms with Gasteiger partial charge < -0.3 is 4.74 Å². The summed E-state index contributed by atoms with van der Waals surface area (Å²) in [4.78, 5) is 10.9. The average molecular weight is 313 g/mol. The van der Waals surface area contributed by atoms with Crippen molar-refractivity contribution in [2.45, 2.75) is 104 Å². The molecule has 22 heavy (non-hydrogen) atoms. The van der Waals surface area contributed by atoms with Crippen LogP contribution in [0.2, 0.25) is 0 Å². The summed E-state index contributed by atoms with van der Waals surface area (Å²) in [6.45, 7) is 10.5. The largest absolute Gasteiger partial charge is 0.466 e. The summed E-state index contributed by atoms with van der Waals surface area (Å²) in [5.74, 6) is -0.0472. The van der Waals surface area contributed by atoms with Crippen molar-refractivity contribution in [3.05, 3.63) is 12.7 Å². The maximum atomic E-state index is 10.9. The van der Waals surface area contributed by atoms with Crippen molar-refractivity contribution in [1.82, 2.24) is 0 Å². The van der Waals surface area contributed by atoms with Gasteiger partial charge in [-0.05, 0) is 26.2 Å². The molecular weight excluding hydrogens is 272 g/mol. The first kappa shape index (κ1) is 23.5. The number of hydrogen-bond donors (Lipinski definition) is 0. The van der Waals surface area contributed by atoms with Crippen LogP contribution < -0.4 is 0 Å². The Morgan fingerprint density at radius 2 is 1.32 bits per heavy atom. The van der Waals surface area contributed by atoms with Gasteiger partial charge in [0.25, 0.3) is 0 Å². The fourth-order valence-corrected chi connectivity index (χ4v) is 2.18. The second kappa shape index (κ2) is 22.5. The van der Waals surface area contributed by atoms with Crippen LogP contribution in [0.1, 0.15) is 104 Å². The fraction of sp³-hybridized carbons (Fsp3) is 0.850. The summed E-state index contributed by atoms with van der Waals surface area (Å²) < 4.78 is 4.81. The van der Waals surface area contributed by atoms with Gasteiger partial charge in [0.05, 0.1) is 6.61 Å². The van der Waals surface area contributed by atoms with Gasteiger partial charge in [-0.3, -0.25) is 4.79 Å². The van der Waals surface area contributed by atoms with E-state index in [0.29, 0.717) is 13.0 Å². The van der Waals surface area contributed by atoms with Crippen molar-refractivity contribution in [2.75, 3.05) is 6.61 Å². The van der Waals surface area contributed by atoms with Gasteiger partial charge >= 0.3 is 5.97 Å². The van der Waals surface area contributed by atoms with Crippen LogP contribution in [0.25, 0.3) is 0 Å². The lowest BCUT2D eigenvalue weighted by molar-refractivity contribution is -0.143. The highest BCUT2D eigenvalue weighted by Gasteiger charge is 1.99. The van der Waals surface area contributed by atoms with E-state index in [1.54, 1.807) is 0 Å². The van der Waals surface area contributed by atoms with Crippen LogP contribution in [0, 0.1) is 0 Å². The smallest absolute Gasteiger partial charge is 0.305 e. The second-order valence-electron chi connectivity index (χ2n) is 5.81. The first-order valence-corrected chi connectivity index (χ1v) is 9.49. The van der Waals surface area contributed by atoms with Crippen LogP contribution in [-0.4, -0.2) is 12.6 Å². The molecule has 0 aliphatic rings. The third kappa shape index (κ3) is 24.2. The Labute approximate surface area is 139 Å². The molecule has 0 heterocycles. The first-order chi connectivity index (χ1) is 10.7. The predicted octanol–water partition coefficient (Wildman–Crippen LogP) is 6.83. The minimum absolute atomic E-state index is 0.0472. The molecule has 0 aliphatic heterocycles. The van der Waals surface area contributed by atoms with Crippen molar-refractivity contribution < 1.29 is 9.53 Å². The molecular formula is C20H40O2. The van der Waals surface area contributed by atoms with Gasteiger partial charge in [0, 0.05) is 6.42 Å². The molecule has 0 bridgehead atoms. The van der Waals surface area contributed by atoms with E-state index in [1.165, 1.54) is 64.2 Å². The third-order valence-corrected chi connectivity index (χ3v) is 3.55. The molecule has 0 spiro atoms. The van der Waals surface area contributed by atoms with Gasteiger partial charge in [-0.15, -0.1) is 6.58 Å². The summed E-state index contributed by atoms with van der Waals surface area (Å²) in [7, 11) is 0. The van der Waals surface area contributed by atoms with E-state index in [1.807, 2.05) is 13.0 Å². The molecule has 0 aliphatic carbocycles. The number of ether oxygens (including phenoxy) is 1. The molecule has 0 aromatic rings. The SMILES string of the molecule is C=CCCCCCCCC.CCCCCCCC(=O)OCC. The van der Waals surface area contributed by atoms with E-state index >= 15 is 0 Å². The maximum Gasteiger partial charge on any atom is 0.305 e. The number of carbonyl (C=O) groups excluding carboxylic acids is 1. The zero-order valence-electron chi connectivity index (χ0n) is 15.5. The third-order valence-electron chi connectivity index (χ3n) is 3.55. The number of hydrogen-bond acceptors (Lipinski definition) is 2. The molecule has 0 aromatic heterocycles. The molecule has 0 aromatic carbocycles. The zero-order chi connectivity index (χ0) is 16.9. The van der Waals surface area contributed by atoms with Crippen molar-refractivity contribution in [3.8, 4) is 0 Å². The zero-order valence-corrected chi connectivity index (χ0v) is 15.5. The van der Waals surface area contributed by atoms with Crippen LogP contribution in [0.4, 0.5) is 0 Å². The van der Waals surface area contributed by atoms with Gasteiger partial charge in [-0.25, -0.2) is 0 Å². The molecule has 0 saturated heterocycles. The number of unbranched alkanes of at least 4 members (excludes halogenated alkanes) is 10. The Balaban J connectivity index is 0. The summed E-state index contributed by atoms with van der Waals surface area (Å²) in [6, 6.07) is 0. The van der Waals surface area contributed by atoms with E-state index in [4.69, 9.17) is 4.74 Å². The highest BCUT2D eigenvalue weighted by Crippen LogP contribution is 2.06. The molecule has 0 atom stereocenters. The quantitative estimate of drug-likeness (QED) is 0.199. The number of allylic oxidation sites excluding steroid dienone is 1. The van der Waals surface area contributed by atoms with E-state index in [0.717, 1.165) is 12.8 Å². The summed E-state index contributed by atoms with van der Waals surface area (Å²) >= 11 is 0. The minimum atomic E-state index is -0.0472. The lowest BCUT2D eigenvalue weighted by Crippen LogP contribution is -2.02. The van der Waals surface area contributed by atoms with Gasteiger partial charge in [-0.2, -0.15) is 0 Å². The molecule has 0 amide bonds. The molecule has 0 unspecified atom stereocenters. The summed E-state index contributed by atoms with van der Waals surface area (Å²) in [5, 5.41) is 0. The van der Waals surface area contributed by atoms with Gasteiger partial charge in [0.2, 0.25) is 0 Å². The number of carbonyl (C=O) groups is 1. The second-order valence-corrected chi connectivity index (χ2v) is 5.81. The van der Waals surface area contributed by atoms with Gasteiger partial charge in [0.1, 0.15) is 0 Å². The number of rotatable bonds is 14. The van der Waals surface area contributed by atoms with E-state index in [9.17, 15) is 4.79 Å². The van der Waals surface area contributed by atoms with Crippen LogP contribution in [0.5, 0.6) is 0 Å². The topological polar surface area (TPSA) is 26.3 Å². The molecule has 132 valence electrons. The average Bonchev–Trinajstić information content (AvgIpc) is 2.51. The van der Waals surface area contributed by atoms with Crippen LogP contribution in [-0.2, 0) is 9.53 Å². The summed E-state index contributed by atoms with van der Waals surface area (Å²) in [6.07, 6.45) is 18.1. The standard InChI is InChI=1S/C10H20O2.C10H20/c1-3-5-6-7-8-9-10(11)12-4-2;1-3-5-7-9-10-8-6-4-2/h3-9H2,1-2H3;3H,1,4-10H2,2H3. The molecule has 0 saturated carbocycles. The van der Waals surface area contributed by atoms with E-state index in [2.05, 4.69) is 20.4 Å². The van der Waals surface area contributed by atoms with E-state index in [-0.39, 0.29) is 5.97 Å². The summed E-state index contributed by atoms with van der Waals surface area (Å²) in [5.41, 5.74) is 0. The molecule has 2 heteroatoms. The van der Waals surface area contributed by atoms with Crippen LogP contribution in [0.15, 0.2) is 12.7 Å². The lowest BCUT2D eigenvalue weighted by Gasteiger charge is -2.00.